The molecule has 19 heavy (non-hydrogen) atoms. The lowest BCUT2D eigenvalue weighted by molar-refractivity contribution is 0.389. The molecule has 2 fully saturated rings. The Kier molecular flexibility index (Phi) is 2.67. The van der Waals surface area contributed by atoms with E-state index < -0.39 is 0 Å². The molecule has 98 valence electrons. The van der Waals surface area contributed by atoms with Gasteiger partial charge in [0.15, 0.2) is 0 Å². The highest BCUT2D eigenvalue weighted by atomic mass is 16.6. The van der Waals surface area contributed by atoms with Crippen LogP contribution < -0.4 is 4.90 Å². The van der Waals surface area contributed by atoms with Gasteiger partial charge < -0.3 is 14.4 Å². The van der Waals surface area contributed by atoms with Gasteiger partial charge in [-0.2, -0.15) is 0 Å². The maximum atomic E-state index is 5.39. The zero-order valence-electron chi connectivity index (χ0n) is 10.8. The first kappa shape index (κ1) is 11.3. The topological polar surface area (TPSA) is 28.3 Å². The van der Waals surface area contributed by atoms with Crippen LogP contribution in [0.4, 0.5) is 5.69 Å². The largest absolute Gasteiger partial charge is 0.371 e. The van der Waals surface area contributed by atoms with Crippen molar-refractivity contribution in [1.82, 2.24) is 0 Å². The third-order valence-corrected chi connectivity index (χ3v) is 3.76. The fraction of sp³-hybridized carbons (Fsp3) is 0.375. The molecule has 3 nitrogen and oxygen atoms in total. The normalized spacial score (nSPS) is 24.4. The smallest absolute Gasteiger partial charge is 0.0984 e. The molecule has 2 aromatic carbocycles. The van der Waals surface area contributed by atoms with E-state index in [1.54, 1.807) is 0 Å². The van der Waals surface area contributed by atoms with Gasteiger partial charge in [0.2, 0.25) is 0 Å². The van der Waals surface area contributed by atoms with Crippen molar-refractivity contribution < 1.29 is 9.47 Å². The summed E-state index contributed by atoms with van der Waals surface area (Å²) in [6.45, 7) is 3.72. The van der Waals surface area contributed by atoms with Crippen LogP contribution in [0.3, 0.4) is 0 Å². The first-order chi connectivity index (χ1) is 9.40. The van der Waals surface area contributed by atoms with Crippen LogP contribution in [0.15, 0.2) is 42.5 Å². The first-order valence-electron chi connectivity index (χ1n) is 6.86. The lowest BCUT2D eigenvalue weighted by atomic mass is 10.1. The number of fused-ring (bicyclic) bond motifs is 1. The Morgan fingerprint density at radius 2 is 1.53 bits per heavy atom. The minimum Gasteiger partial charge on any atom is -0.371 e. The summed E-state index contributed by atoms with van der Waals surface area (Å²) in [4.78, 5) is 2.41. The average Bonchev–Trinajstić information content (AvgIpc) is 3.33. The lowest BCUT2D eigenvalue weighted by Crippen LogP contribution is -2.31. The number of hydrogen-bond acceptors (Lipinski definition) is 3. The molecule has 3 heteroatoms. The molecule has 4 rings (SSSR count). The van der Waals surface area contributed by atoms with Crippen molar-refractivity contribution in [2.24, 2.45) is 0 Å². The van der Waals surface area contributed by atoms with E-state index in [0.29, 0.717) is 12.2 Å². The second-order valence-corrected chi connectivity index (χ2v) is 5.31. The van der Waals surface area contributed by atoms with Gasteiger partial charge in [0.1, 0.15) is 0 Å². The first-order valence-corrected chi connectivity index (χ1v) is 6.86. The van der Waals surface area contributed by atoms with Crippen molar-refractivity contribution in [3.63, 3.8) is 0 Å². The van der Waals surface area contributed by atoms with Crippen LogP contribution in [-0.2, 0) is 9.47 Å². The summed E-state index contributed by atoms with van der Waals surface area (Å²) < 4.78 is 10.8. The summed E-state index contributed by atoms with van der Waals surface area (Å²) in [5, 5.41) is 2.60. The second-order valence-electron chi connectivity index (χ2n) is 5.31. The molecule has 0 aliphatic carbocycles. The number of nitrogens with zero attached hydrogens (tertiary/aromatic N) is 1. The fourth-order valence-corrected chi connectivity index (χ4v) is 2.59. The van der Waals surface area contributed by atoms with Gasteiger partial charge in [0, 0.05) is 24.2 Å². The Morgan fingerprint density at radius 1 is 0.895 bits per heavy atom. The molecule has 0 bridgehead atoms. The summed E-state index contributed by atoms with van der Waals surface area (Å²) in [6, 6.07) is 15.0. The molecule has 2 aliphatic rings. The van der Waals surface area contributed by atoms with Gasteiger partial charge in [-0.25, -0.2) is 0 Å². The SMILES string of the molecule is c1ccc2c(N(CC3CO3)CC3CO3)cccc2c1. The fourth-order valence-electron chi connectivity index (χ4n) is 2.59. The Hall–Kier alpha value is -1.58. The van der Waals surface area contributed by atoms with Crippen molar-refractivity contribution in [1.29, 1.82) is 0 Å². The summed E-state index contributed by atoms with van der Waals surface area (Å²) in [7, 11) is 0. The van der Waals surface area contributed by atoms with Crippen LogP contribution in [0.2, 0.25) is 0 Å². The molecule has 2 saturated heterocycles. The van der Waals surface area contributed by atoms with Crippen LogP contribution in [0, 0.1) is 0 Å². The number of benzene rings is 2. The summed E-state index contributed by atoms with van der Waals surface area (Å²) in [5.74, 6) is 0. The predicted molar refractivity (Wildman–Crippen MR) is 75.6 cm³/mol. The van der Waals surface area contributed by atoms with E-state index in [9.17, 15) is 0 Å². The minimum absolute atomic E-state index is 0.401. The molecule has 2 aromatic rings. The standard InChI is InChI=1S/C16H17NO2/c1-2-6-15-12(4-1)5-3-7-16(15)17(8-13-10-18-13)9-14-11-19-14/h1-7,13-14H,8-11H2. The van der Waals surface area contributed by atoms with E-state index in [0.717, 1.165) is 26.3 Å². The highest BCUT2D eigenvalue weighted by Gasteiger charge is 2.31. The van der Waals surface area contributed by atoms with Gasteiger partial charge >= 0.3 is 0 Å². The molecule has 0 saturated carbocycles. The van der Waals surface area contributed by atoms with E-state index >= 15 is 0 Å². The van der Waals surface area contributed by atoms with E-state index in [4.69, 9.17) is 9.47 Å². The molecule has 0 N–H and O–H groups in total. The minimum atomic E-state index is 0.401. The van der Waals surface area contributed by atoms with Crippen LogP contribution in [0.5, 0.6) is 0 Å². The van der Waals surface area contributed by atoms with Crippen molar-refractivity contribution in [3.05, 3.63) is 42.5 Å². The zero-order chi connectivity index (χ0) is 12.7. The molecule has 2 aliphatic heterocycles. The third-order valence-electron chi connectivity index (χ3n) is 3.76. The number of anilines is 1. The highest BCUT2D eigenvalue weighted by molar-refractivity contribution is 5.94. The molecular formula is C16H17NO2. The maximum Gasteiger partial charge on any atom is 0.0984 e. The molecular weight excluding hydrogens is 238 g/mol. The molecule has 0 radical (unpaired) electrons. The zero-order valence-corrected chi connectivity index (χ0v) is 10.8. The van der Waals surface area contributed by atoms with E-state index in [1.807, 2.05) is 0 Å². The number of ether oxygens (including phenoxy) is 2. The van der Waals surface area contributed by atoms with Crippen molar-refractivity contribution in [3.8, 4) is 0 Å². The van der Waals surface area contributed by atoms with E-state index in [1.165, 1.54) is 16.5 Å². The summed E-state index contributed by atoms with van der Waals surface area (Å²) >= 11 is 0. The Bertz CT molecular complexity index is 571. The Balaban J connectivity index is 1.71. The third kappa shape index (κ3) is 2.44. The quantitative estimate of drug-likeness (QED) is 0.768. The Morgan fingerprint density at radius 3 is 2.21 bits per heavy atom. The molecule has 0 spiro atoms. The van der Waals surface area contributed by atoms with Crippen LogP contribution in [0.25, 0.3) is 10.8 Å². The van der Waals surface area contributed by atoms with E-state index in [2.05, 4.69) is 47.4 Å². The van der Waals surface area contributed by atoms with Crippen molar-refractivity contribution in [2.45, 2.75) is 12.2 Å². The average molecular weight is 255 g/mol. The van der Waals surface area contributed by atoms with Crippen LogP contribution in [-0.4, -0.2) is 38.5 Å². The molecule has 2 atom stereocenters. The summed E-state index contributed by atoms with van der Waals surface area (Å²) in [6.07, 6.45) is 0.801. The van der Waals surface area contributed by atoms with Crippen molar-refractivity contribution in [2.75, 3.05) is 31.2 Å². The van der Waals surface area contributed by atoms with Gasteiger partial charge in [0.25, 0.3) is 0 Å². The second kappa shape index (κ2) is 4.51. The Labute approximate surface area is 112 Å². The summed E-state index contributed by atoms with van der Waals surface area (Å²) in [5.41, 5.74) is 1.30. The van der Waals surface area contributed by atoms with Gasteiger partial charge in [0.05, 0.1) is 25.4 Å². The molecule has 2 unspecified atom stereocenters. The highest BCUT2D eigenvalue weighted by Crippen LogP contribution is 2.29. The van der Waals surface area contributed by atoms with Gasteiger partial charge in [-0.1, -0.05) is 36.4 Å². The predicted octanol–water partition coefficient (Wildman–Crippen LogP) is 2.44. The lowest BCUT2D eigenvalue weighted by Gasteiger charge is -2.24. The van der Waals surface area contributed by atoms with E-state index in [-0.39, 0.29) is 0 Å². The number of rotatable bonds is 5. The maximum absolute atomic E-state index is 5.39. The number of hydrogen-bond donors (Lipinski definition) is 0. The molecule has 0 aromatic heterocycles. The monoisotopic (exact) mass is 255 g/mol. The van der Waals surface area contributed by atoms with Gasteiger partial charge in [-0.15, -0.1) is 0 Å². The number of epoxide rings is 2. The molecule has 0 amide bonds. The molecule has 2 heterocycles. The van der Waals surface area contributed by atoms with Crippen molar-refractivity contribution >= 4 is 16.5 Å². The van der Waals surface area contributed by atoms with Gasteiger partial charge in [-0.3, -0.25) is 0 Å². The van der Waals surface area contributed by atoms with Crippen LogP contribution >= 0.6 is 0 Å². The van der Waals surface area contributed by atoms with Gasteiger partial charge in [-0.05, 0) is 11.5 Å². The van der Waals surface area contributed by atoms with Crippen LogP contribution in [0.1, 0.15) is 0 Å².